The van der Waals surface area contributed by atoms with Gasteiger partial charge in [0, 0.05) is 11.3 Å². The van der Waals surface area contributed by atoms with Crippen LogP contribution in [0.2, 0.25) is 0 Å². The summed E-state index contributed by atoms with van der Waals surface area (Å²) in [6.07, 6.45) is -1.88. The van der Waals surface area contributed by atoms with Gasteiger partial charge < -0.3 is 19.7 Å². The van der Waals surface area contributed by atoms with E-state index in [1.54, 1.807) is 18.2 Å². The van der Waals surface area contributed by atoms with Gasteiger partial charge in [0.05, 0.1) is 18.1 Å². The standard InChI is InChI=1S/C13H15NO6/c15-10-4-8(9(14(17)18)5-11(10)16)7-1-2-12-13(3-7)20-6-19-12/h1-3,8-11,15-16H,4-6H2/t8-,9-,10-,11+/m0/s1. The summed E-state index contributed by atoms with van der Waals surface area (Å²) in [7, 11) is 0. The molecule has 2 N–H and O–H groups in total. The van der Waals surface area contributed by atoms with E-state index in [4.69, 9.17) is 9.47 Å². The van der Waals surface area contributed by atoms with Crippen molar-refractivity contribution in [3.05, 3.63) is 33.9 Å². The summed E-state index contributed by atoms with van der Waals surface area (Å²) in [5.74, 6) is 0.728. The average molecular weight is 281 g/mol. The van der Waals surface area contributed by atoms with Crippen molar-refractivity contribution in [2.24, 2.45) is 0 Å². The van der Waals surface area contributed by atoms with Crippen LogP contribution in [-0.2, 0) is 0 Å². The molecule has 7 heteroatoms. The molecule has 0 unspecified atom stereocenters. The fourth-order valence-corrected chi connectivity index (χ4v) is 2.88. The number of fused-ring (bicyclic) bond motifs is 1. The summed E-state index contributed by atoms with van der Waals surface area (Å²) in [6, 6.07) is 4.27. The Morgan fingerprint density at radius 3 is 2.60 bits per heavy atom. The normalized spacial score (nSPS) is 32.1. The first-order valence-corrected chi connectivity index (χ1v) is 6.45. The largest absolute Gasteiger partial charge is 0.454 e. The Kier molecular flexibility index (Phi) is 3.23. The number of nitro groups is 1. The van der Waals surface area contributed by atoms with E-state index in [9.17, 15) is 20.3 Å². The maximum Gasteiger partial charge on any atom is 0.231 e. The monoisotopic (exact) mass is 281 g/mol. The van der Waals surface area contributed by atoms with Gasteiger partial charge in [-0.25, -0.2) is 0 Å². The lowest BCUT2D eigenvalue weighted by Gasteiger charge is -2.32. The van der Waals surface area contributed by atoms with E-state index in [-0.39, 0.29) is 24.6 Å². The summed E-state index contributed by atoms with van der Waals surface area (Å²) in [5, 5.41) is 30.6. The minimum absolute atomic E-state index is 0.0483. The van der Waals surface area contributed by atoms with E-state index >= 15 is 0 Å². The maximum absolute atomic E-state index is 11.2. The second-order valence-electron chi connectivity index (χ2n) is 5.18. The van der Waals surface area contributed by atoms with Crippen molar-refractivity contribution in [3.8, 4) is 11.5 Å². The van der Waals surface area contributed by atoms with E-state index in [0.717, 1.165) is 5.56 Å². The van der Waals surface area contributed by atoms with Gasteiger partial charge in [-0.15, -0.1) is 0 Å². The van der Waals surface area contributed by atoms with Gasteiger partial charge in [0.1, 0.15) is 0 Å². The van der Waals surface area contributed by atoms with Crippen LogP contribution in [0.15, 0.2) is 18.2 Å². The Labute approximate surface area is 114 Å². The van der Waals surface area contributed by atoms with Crippen LogP contribution in [0.5, 0.6) is 11.5 Å². The van der Waals surface area contributed by atoms with Crippen molar-refractivity contribution in [3.63, 3.8) is 0 Å². The van der Waals surface area contributed by atoms with Crippen molar-refractivity contribution in [1.29, 1.82) is 0 Å². The molecule has 7 nitrogen and oxygen atoms in total. The van der Waals surface area contributed by atoms with Crippen LogP contribution in [0, 0.1) is 10.1 Å². The molecule has 1 fully saturated rings. The van der Waals surface area contributed by atoms with Crippen LogP contribution in [0.1, 0.15) is 24.3 Å². The van der Waals surface area contributed by atoms with Gasteiger partial charge in [-0.05, 0) is 24.1 Å². The predicted molar refractivity (Wildman–Crippen MR) is 67.3 cm³/mol. The Morgan fingerprint density at radius 2 is 1.85 bits per heavy atom. The second-order valence-corrected chi connectivity index (χ2v) is 5.18. The van der Waals surface area contributed by atoms with Crippen LogP contribution in [-0.4, -0.2) is 40.2 Å². The average Bonchev–Trinajstić information content (AvgIpc) is 2.88. The third-order valence-electron chi connectivity index (χ3n) is 3.98. The highest BCUT2D eigenvalue weighted by atomic mass is 16.7. The Hall–Kier alpha value is -1.86. The Bertz CT molecular complexity index is 534. The first-order valence-electron chi connectivity index (χ1n) is 6.45. The van der Waals surface area contributed by atoms with Gasteiger partial charge in [0.25, 0.3) is 0 Å². The quantitative estimate of drug-likeness (QED) is 0.610. The number of aliphatic hydroxyl groups is 2. The van der Waals surface area contributed by atoms with Crippen LogP contribution in [0.25, 0.3) is 0 Å². The minimum atomic E-state index is -1.05. The molecule has 0 aromatic heterocycles. The Balaban J connectivity index is 1.91. The molecule has 108 valence electrons. The molecular weight excluding hydrogens is 266 g/mol. The molecule has 1 saturated carbocycles. The van der Waals surface area contributed by atoms with E-state index in [2.05, 4.69) is 0 Å². The molecule has 1 aliphatic carbocycles. The lowest BCUT2D eigenvalue weighted by molar-refractivity contribution is -0.533. The van der Waals surface area contributed by atoms with Crippen LogP contribution < -0.4 is 9.47 Å². The number of rotatable bonds is 2. The molecule has 1 aliphatic heterocycles. The van der Waals surface area contributed by atoms with Crippen molar-refractivity contribution in [2.75, 3.05) is 6.79 Å². The molecule has 3 rings (SSSR count). The zero-order chi connectivity index (χ0) is 14.3. The zero-order valence-electron chi connectivity index (χ0n) is 10.6. The molecular formula is C13H15NO6. The van der Waals surface area contributed by atoms with Gasteiger partial charge in [-0.3, -0.25) is 10.1 Å². The first kappa shape index (κ1) is 13.1. The molecule has 0 spiro atoms. The minimum Gasteiger partial charge on any atom is -0.454 e. The summed E-state index contributed by atoms with van der Waals surface area (Å²) < 4.78 is 10.5. The van der Waals surface area contributed by atoms with E-state index in [1.165, 1.54) is 0 Å². The molecule has 2 aliphatic rings. The van der Waals surface area contributed by atoms with E-state index in [0.29, 0.717) is 11.5 Å². The lowest BCUT2D eigenvalue weighted by atomic mass is 9.77. The van der Waals surface area contributed by atoms with Gasteiger partial charge in [-0.1, -0.05) is 6.07 Å². The number of hydrogen-bond donors (Lipinski definition) is 2. The highest BCUT2D eigenvalue weighted by Crippen LogP contribution is 2.40. The second kappa shape index (κ2) is 4.92. The van der Waals surface area contributed by atoms with Crippen molar-refractivity contribution in [2.45, 2.75) is 37.0 Å². The number of hydrogen-bond acceptors (Lipinski definition) is 6. The molecule has 0 amide bonds. The topological polar surface area (TPSA) is 102 Å². The van der Waals surface area contributed by atoms with Crippen molar-refractivity contribution < 1.29 is 24.6 Å². The summed E-state index contributed by atoms with van der Waals surface area (Å²) >= 11 is 0. The van der Waals surface area contributed by atoms with Gasteiger partial charge in [0.2, 0.25) is 12.8 Å². The summed E-state index contributed by atoms with van der Waals surface area (Å²) in [4.78, 5) is 10.8. The first-order chi connectivity index (χ1) is 9.56. The van der Waals surface area contributed by atoms with Gasteiger partial charge in [-0.2, -0.15) is 0 Å². The number of benzene rings is 1. The van der Waals surface area contributed by atoms with E-state index < -0.39 is 24.2 Å². The van der Waals surface area contributed by atoms with Crippen molar-refractivity contribution in [1.82, 2.24) is 0 Å². The molecule has 1 aromatic carbocycles. The summed E-state index contributed by atoms with van der Waals surface area (Å²) in [5.41, 5.74) is 0.724. The third kappa shape index (κ3) is 2.19. The van der Waals surface area contributed by atoms with E-state index in [1.807, 2.05) is 0 Å². The molecule has 0 saturated heterocycles. The Morgan fingerprint density at radius 1 is 1.15 bits per heavy atom. The smallest absolute Gasteiger partial charge is 0.231 e. The fourth-order valence-electron chi connectivity index (χ4n) is 2.88. The van der Waals surface area contributed by atoms with Crippen LogP contribution >= 0.6 is 0 Å². The fraction of sp³-hybridized carbons (Fsp3) is 0.538. The molecule has 1 aromatic rings. The van der Waals surface area contributed by atoms with Crippen molar-refractivity contribution >= 4 is 0 Å². The maximum atomic E-state index is 11.2. The SMILES string of the molecule is O=[N+]([O-])[C@H]1C[C@@H](O)[C@@H](O)C[C@H]1c1ccc2c(c1)OCO2. The third-order valence-corrected chi connectivity index (χ3v) is 3.98. The predicted octanol–water partition coefficient (Wildman–Crippen LogP) is 0.660. The highest BCUT2D eigenvalue weighted by Gasteiger charge is 2.43. The molecule has 1 heterocycles. The van der Waals surface area contributed by atoms with Crippen LogP contribution in [0.3, 0.4) is 0 Å². The zero-order valence-corrected chi connectivity index (χ0v) is 10.6. The lowest BCUT2D eigenvalue weighted by Crippen LogP contribution is -2.44. The molecule has 20 heavy (non-hydrogen) atoms. The number of nitrogens with zero attached hydrogens (tertiary/aromatic N) is 1. The number of aliphatic hydroxyl groups excluding tert-OH is 2. The molecule has 4 atom stereocenters. The summed E-state index contributed by atoms with van der Waals surface area (Å²) in [6.45, 7) is 0.142. The highest BCUT2D eigenvalue weighted by molar-refractivity contribution is 5.45. The van der Waals surface area contributed by atoms with Gasteiger partial charge >= 0.3 is 0 Å². The molecule has 0 radical (unpaired) electrons. The van der Waals surface area contributed by atoms with Gasteiger partial charge in [0.15, 0.2) is 11.5 Å². The van der Waals surface area contributed by atoms with Crippen LogP contribution in [0.4, 0.5) is 0 Å². The molecule has 0 bridgehead atoms. The number of ether oxygens (including phenoxy) is 2.